The van der Waals surface area contributed by atoms with E-state index in [9.17, 15) is 5.11 Å². The fourth-order valence-corrected chi connectivity index (χ4v) is 2.38. The molecule has 2 aromatic heterocycles. The van der Waals surface area contributed by atoms with E-state index < -0.39 is 6.10 Å². The van der Waals surface area contributed by atoms with E-state index in [1.165, 1.54) is 0 Å². The molecule has 0 saturated heterocycles. The molecular weight excluding hydrogens is 306 g/mol. The molecule has 6 heteroatoms. The molecule has 1 unspecified atom stereocenters. The van der Waals surface area contributed by atoms with Crippen molar-refractivity contribution in [2.75, 3.05) is 13.7 Å². The maximum Gasteiger partial charge on any atom is 0.140 e. The Bertz CT molecular complexity index is 774. The second-order valence-electron chi connectivity index (χ2n) is 5.28. The Morgan fingerprint density at radius 3 is 2.71 bits per heavy atom. The van der Waals surface area contributed by atoms with Crippen LogP contribution < -0.4 is 9.47 Å². The molecule has 1 aromatic carbocycles. The second kappa shape index (κ2) is 7.61. The van der Waals surface area contributed by atoms with E-state index in [-0.39, 0.29) is 6.61 Å². The van der Waals surface area contributed by atoms with Gasteiger partial charge in [-0.3, -0.25) is 4.98 Å². The molecule has 0 amide bonds. The number of hydrogen-bond donors (Lipinski definition) is 1. The highest BCUT2D eigenvalue weighted by Crippen LogP contribution is 2.20. The van der Waals surface area contributed by atoms with E-state index in [0.29, 0.717) is 12.3 Å². The molecule has 2 heterocycles. The quantitative estimate of drug-likeness (QED) is 0.722. The normalized spacial score (nSPS) is 11.9. The van der Waals surface area contributed by atoms with Crippen LogP contribution in [0.4, 0.5) is 0 Å². The number of nitrogens with zero attached hydrogens (tertiary/aromatic N) is 3. The lowest BCUT2D eigenvalue weighted by molar-refractivity contribution is 0.0927. The van der Waals surface area contributed by atoms with Gasteiger partial charge >= 0.3 is 0 Å². The molecule has 24 heavy (non-hydrogen) atoms. The van der Waals surface area contributed by atoms with Gasteiger partial charge in [0.15, 0.2) is 0 Å². The van der Waals surface area contributed by atoms with Crippen LogP contribution in [-0.4, -0.2) is 39.5 Å². The van der Waals surface area contributed by atoms with Crippen LogP contribution in [0, 0.1) is 0 Å². The monoisotopic (exact) mass is 325 g/mol. The van der Waals surface area contributed by atoms with Crippen molar-refractivity contribution < 1.29 is 14.6 Å². The molecule has 0 aliphatic rings. The van der Waals surface area contributed by atoms with Gasteiger partial charge in [0.05, 0.1) is 13.7 Å². The summed E-state index contributed by atoms with van der Waals surface area (Å²) in [7, 11) is 1.60. The van der Waals surface area contributed by atoms with Crippen LogP contribution in [0.1, 0.15) is 0 Å². The lowest BCUT2D eigenvalue weighted by Crippen LogP contribution is -2.23. The smallest absolute Gasteiger partial charge is 0.140 e. The van der Waals surface area contributed by atoms with Crippen LogP contribution in [0.2, 0.25) is 0 Å². The van der Waals surface area contributed by atoms with E-state index in [4.69, 9.17) is 9.47 Å². The summed E-state index contributed by atoms with van der Waals surface area (Å²) >= 11 is 0. The first-order valence-corrected chi connectivity index (χ1v) is 7.62. The van der Waals surface area contributed by atoms with Crippen LogP contribution in [0.25, 0.3) is 11.4 Å². The molecule has 0 spiro atoms. The van der Waals surface area contributed by atoms with Gasteiger partial charge in [0, 0.05) is 36.4 Å². The van der Waals surface area contributed by atoms with Crippen molar-refractivity contribution in [1.82, 2.24) is 14.5 Å². The summed E-state index contributed by atoms with van der Waals surface area (Å²) < 4.78 is 12.7. The number of aliphatic hydroxyl groups excluding tert-OH is 1. The number of methoxy groups -OCH3 is 1. The van der Waals surface area contributed by atoms with Crippen LogP contribution in [-0.2, 0) is 6.54 Å². The number of pyridine rings is 1. The van der Waals surface area contributed by atoms with Gasteiger partial charge in [-0.25, -0.2) is 4.98 Å². The summed E-state index contributed by atoms with van der Waals surface area (Å²) in [4.78, 5) is 8.35. The van der Waals surface area contributed by atoms with Crippen LogP contribution in [0.3, 0.4) is 0 Å². The third-order valence-electron chi connectivity index (χ3n) is 3.55. The Balaban J connectivity index is 1.61. The Morgan fingerprint density at radius 2 is 1.92 bits per heavy atom. The van der Waals surface area contributed by atoms with Gasteiger partial charge < -0.3 is 19.1 Å². The number of aliphatic hydroxyl groups is 1. The third kappa shape index (κ3) is 3.91. The van der Waals surface area contributed by atoms with E-state index in [1.807, 2.05) is 41.1 Å². The van der Waals surface area contributed by atoms with Gasteiger partial charge in [0.2, 0.25) is 0 Å². The molecule has 124 valence electrons. The molecule has 1 atom stereocenters. The minimum atomic E-state index is -0.661. The summed E-state index contributed by atoms with van der Waals surface area (Å²) in [6, 6.07) is 11.1. The summed E-state index contributed by atoms with van der Waals surface area (Å²) in [6.07, 6.45) is 6.33. The lowest BCUT2D eigenvalue weighted by Gasteiger charge is -2.15. The van der Waals surface area contributed by atoms with Crippen LogP contribution in [0.15, 0.2) is 61.2 Å². The van der Waals surface area contributed by atoms with E-state index in [2.05, 4.69) is 9.97 Å². The molecular formula is C18H19N3O3. The zero-order valence-electron chi connectivity index (χ0n) is 13.4. The van der Waals surface area contributed by atoms with Crippen molar-refractivity contribution in [2.45, 2.75) is 12.6 Å². The minimum Gasteiger partial charge on any atom is -0.497 e. The maximum atomic E-state index is 10.3. The number of hydrogen-bond acceptors (Lipinski definition) is 5. The van der Waals surface area contributed by atoms with Crippen molar-refractivity contribution in [3.8, 4) is 22.9 Å². The molecule has 0 bridgehead atoms. The molecule has 0 radical (unpaired) electrons. The highest BCUT2D eigenvalue weighted by molar-refractivity contribution is 5.54. The number of rotatable bonds is 7. The highest BCUT2D eigenvalue weighted by Gasteiger charge is 2.11. The highest BCUT2D eigenvalue weighted by atomic mass is 16.5. The molecule has 6 nitrogen and oxygen atoms in total. The average Bonchev–Trinajstić information content (AvgIpc) is 3.09. The number of ether oxygens (including phenoxy) is 2. The lowest BCUT2D eigenvalue weighted by atomic mass is 10.2. The van der Waals surface area contributed by atoms with Crippen molar-refractivity contribution in [1.29, 1.82) is 0 Å². The number of benzene rings is 1. The SMILES string of the molecule is COc1cccc(OCC(O)Cn2ccnc2-c2ccncc2)c1. The standard InChI is InChI=1S/C18H19N3O3/c1-23-16-3-2-4-17(11-16)24-13-15(22)12-21-10-9-20-18(21)14-5-7-19-8-6-14/h2-11,15,22H,12-13H2,1H3. The summed E-state index contributed by atoms with van der Waals surface area (Å²) in [5.74, 6) is 2.17. The number of imidazole rings is 1. The number of aromatic nitrogens is 3. The molecule has 0 aliphatic carbocycles. The Labute approximate surface area is 140 Å². The zero-order chi connectivity index (χ0) is 16.8. The molecule has 0 fully saturated rings. The first kappa shape index (κ1) is 16.0. The van der Waals surface area contributed by atoms with Gasteiger partial charge in [-0.05, 0) is 24.3 Å². The molecule has 0 aliphatic heterocycles. The predicted molar refractivity (Wildman–Crippen MR) is 90.0 cm³/mol. The minimum absolute atomic E-state index is 0.182. The Morgan fingerprint density at radius 1 is 1.12 bits per heavy atom. The van der Waals surface area contributed by atoms with E-state index in [1.54, 1.807) is 31.8 Å². The Kier molecular flexibility index (Phi) is 5.08. The van der Waals surface area contributed by atoms with Crippen molar-refractivity contribution in [2.24, 2.45) is 0 Å². The Hall–Kier alpha value is -2.86. The first-order valence-electron chi connectivity index (χ1n) is 7.62. The van der Waals surface area contributed by atoms with Crippen LogP contribution >= 0.6 is 0 Å². The fourth-order valence-electron chi connectivity index (χ4n) is 2.38. The van der Waals surface area contributed by atoms with Gasteiger partial charge in [0.1, 0.15) is 30.0 Å². The topological polar surface area (TPSA) is 69.4 Å². The molecule has 3 rings (SSSR count). The summed E-state index contributed by atoms with van der Waals surface area (Å²) in [5, 5.41) is 10.3. The first-order chi connectivity index (χ1) is 11.8. The molecule has 1 N–H and O–H groups in total. The largest absolute Gasteiger partial charge is 0.497 e. The van der Waals surface area contributed by atoms with E-state index >= 15 is 0 Å². The van der Waals surface area contributed by atoms with Gasteiger partial charge in [-0.2, -0.15) is 0 Å². The second-order valence-corrected chi connectivity index (χ2v) is 5.28. The van der Waals surface area contributed by atoms with Gasteiger partial charge in [-0.15, -0.1) is 0 Å². The van der Waals surface area contributed by atoms with Gasteiger partial charge in [0.25, 0.3) is 0 Å². The summed E-state index contributed by atoms with van der Waals surface area (Å²) in [5.41, 5.74) is 0.955. The molecule has 0 saturated carbocycles. The van der Waals surface area contributed by atoms with Crippen molar-refractivity contribution in [3.05, 3.63) is 61.2 Å². The summed E-state index contributed by atoms with van der Waals surface area (Å²) in [6.45, 7) is 0.572. The van der Waals surface area contributed by atoms with Crippen LogP contribution in [0.5, 0.6) is 11.5 Å². The third-order valence-corrected chi connectivity index (χ3v) is 3.55. The fraction of sp³-hybridized carbons (Fsp3) is 0.222. The molecule has 3 aromatic rings. The van der Waals surface area contributed by atoms with Gasteiger partial charge in [-0.1, -0.05) is 6.07 Å². The van der Waals surface area contributed by atoms with Crippen molar-refractivity contribution >= 4 is 0 Å². The van der Waals surface area contributed by atoms with E-state index in [0.717, 1.165) is 17.1 Å². The average molecular weight is 325 g/mol. The zero-order valence-corrected chi connectivity index (χ0v) is 13.4. The van der Waals surface area contributed by atoms with Crippen molar-refractivity contribution in [3.63, 3.8) is 0 Å². The predicted octanol–water partition coefficient (Wildman–Crippen LogP) is 2.39. The maximum absolute atomic E-state index is 10.3.